The van der Waals surface area contributed by atoms with Gasteiger partial charge < -0.3 is 44.2 Å². The minimum atomic E-state index is -4.84. The Morgan fingerprint density at radius 2 is 1.06 bits per heavy atom. The third-order valence-electron chi connectivity index (χ3n) is 13.7. The van der Waals surface area contributed by atoms with Crippen LogP contribution >= 0.6 is 12.4 Å². The molecule has 10 rings (SSSR count). The normalized spacial score (nSPS) is 12.7. The first-order valence-electron chi connectivity index (χ1n) is 27.8. The number of halogens is 9. The number of hydrogen-bond donors (Lipinski definition) is 3. The van der Waals surface area contributed by atoms with Crippen LogP contribution in [0.25, 0.3) is 66.9 Å². The van der Waals surface area contributed by atoms with Gasteiger partial charge in [-0.2, -0.15) is 10.2 Å². The Morgan fingerprint density at radius 1 is 0.633 bits per heavy atom. The molecule has 0 aliphatic rings. The Kier molecular flexibility index (Phi) is 21.7. The van der Waals surface area contributed by atoms with E-state index in [2.05, 4.69) is 79.2 Å². The molecule has 10 aromatic rings. The molecular formula is C60H67ClF8N12O7Si2. The zero-order valence-corrected chi connectivity index (χ0v) is 53.5. The van der Waals surface area contributed by atoms with Gasteiger partial charge in [0, 0.05) is 72.7 Å². The highest BCUT2D eigenvalue weighted by Crippen LogP contribution is 2.33. The first kappa shape index (κ1) is 69.1. The van der Waals surface area contributed by atoms with Gasteiger partial charge in [-0.05, 0) is 97.7 Å². The van der Waals surface area contributed by atoms with Crippen molar-refractivity contribution in [3.63, 3.8) is 0 Å². The molecule has 480 valence electrons. The number of nitrogens with two attached hydrogens (primary N) is 1. The van der Waals surface area contributed by atoms with Crippen molar-refractivity contribution in [2.24, 2.45) is 19.8 Å². The summed E-state index contributed by atoms with van der Waals surface area (Å²) in [5.41, 5.74) is 11.1. The maximum Gasteiger partial charge on any atom is 0.573 e. The van der Waals surface area contributed by atoms with E-state index in [1.807, 2.05) is 0 Å². The number of hydrogen-bond acceptors (Lipinski definition) is 13. The van der Waals surface area contributed by atoms with E-state index >= 15 is 0 Å². The van der Waals surface area contributed by atoms with Crippen LogP contribution in [-0.2, 0) is 37.0 Å². The van der Waals surface area contributed by atoms with Gasteiger partial charge in [-0.3, -0.25) is 14.2 Å². The minimum Gasteiger partial charge on any atom is -0.478 e. The summed E-state index contributed by atoms with van der Waals surface area (Å²) in [7, 11) is 0.863. The summed E-state index contributed by atoms with van der Waals surface area (Å²) in [6.45, 7) is 18.4. The standard InChI is InChI=1S/C30H32F4N6O3Si.C21H24FN5O3Si.C9H10F3NO.ClH/c1-18(19-7-6-8-21(13-19)43-30(32,33)34)36-29(41)23-16-40(17-42-11-12-44(3,4)5)28-27(23)37-24(15-35-28)26-22-10-9-20(31)14-25(22)39(2)38-26;1-26-17-9-13(22)5-6-14(17)18(25-26)16-10-23-20-19(24-16)15(21(28)29)11-27(20)12-30-7-8-31(2,3)4;1-6(13)7-3-2-4-8(5-7)14-9(10,11)12;/h6-10,13-16,18H,11-12,17H2,1-5H3,(H,36,41);5-6,9-11H,7-8,12H2,1-4H3,(H,28,29);2-6H,13H2,1H3;1H/t18-;;6-;/m0.0./s1. The first-order valence-corrected chi connectivity index (χ1v) is 35.3. The van der Waals surface area contributed by atoms with Crippen LogP contribution in [0.2, 0.25) is 51.4 Å². The van der Waals surface area contributed by atoms with E-state index in [0.29, 0.717) is 80.2 Å². The topological polar surface area (TPSA) is 226 Å². The van der Waals surface area contributed by atoms with Crippen molar-refractivity contribution in [2.75, 3.05) is 13.2 Å². The van der Waals surface area contributed by atoms with Gasteiger partial charge in [0.2, 0.25) is 0 Å². The molecule has 6 heterocycles. The van der Waals surface area contributed by atoms with Crippen LogP contribution in [0.5, 0.6) is 11.5 Å². The van der Waals surface area contributed by atoms with Gasteiger partial charge in [0.15, 0.2) is 11.3 Å². The highest BCUT2D eigenvalue weighted by atomic mass is 35.5. The molecule has 4 N–H and O–H groups in total. The molecule has 90 heavy (non-hydrogen) atoms. The third-order valence-corrected chi connectivity index (χ3v) is 17.1. The van der Waals surface area contributed by atoms with Gasteiger partial charge in [0.25, 0.3) is 5.91 Å². The summed E-state index contributed by atoms with van der Waals surface area (Å²) in [5.74, 6) is -2.99. The van der Waals surface area contributed by atoms with E-state index in [-0.39, 0.29) is 71.4 Å². The van der Waals surface area contributed by atoms with E-state index < -0.39 is 52.6 Å². The lowest BCUT2D eigenvalue weighted by molar-refractivity contribution is -0.275. The van der Waals surface area contributed by atoms with Crippen LogP contribution < -0.4 is 20.5 Å². The number of alkyl halides is 6. The summed E-state index contributed by atoms with van der Waals surface area (Å²) in [6.07, 6.45) is -3.30. The molecule has 1 amide bonds. The van der Waals surface area contributed by atoms with Crippen molar-refractivity contribution in [1.82, 2.24) is 53.9 Å². The Bertz CT molecular complexity index is 4180. The summed E-state index contributed by atoms with van der Waals surface area (Å²) in [4.78, 5) is 43.8. The number of carboxylic acids is 1. The molecule has 0 aliphatic carbocycles. The number of fused-ring (bicyclic) bond motifs is 4. The fourth-order valence-electron chi connectivity index (χ4n) is 9.11. The van der Waals surface area contributed by atoms with E-state index in [4.69, 9.17) is 20.2 Å². The van der Waals surface area contributed by atoms with Crippen LogP contribution in [0.1, 0.15) is 57.8 Å². The molecule has 0 bridgehead atoms. The minimum absolute atomic E-state index is 0. The first-order chi connectivity index (χ1) is 41.7. The Labute approximate surface area is 519 Å². The van der Waals surface area contributed by atoms with Gasteiger partial charge in [0.05, 0.1) is 35.0 Å². The molecule has 2 atom stereocenters. The zero-order chi connectivity index (χ0) is 64.9. The number of rotatable bonds is 19. The Hall–Kier alpha value is -8.36. The predicted octanol–water partition coefficient (Wildman–Crippen LogP) is 14.0. The predicted molar refractivity (Wildman–Crippen MR) is 332 cm³/mol. The highest BCUT2D eigenvalue weighted by Gasteiger charge is 2.33. The number of aromatic carboxylic acids is 1. The van der Waals surface area contributed by atoms with Crippen molar-refractivity contribution in [3.8, 4) is 34.3 Å². The van der Waals surface area contributed by atoms with E-state index in [0.717, 1.165) is 12.1 Å². The fraction of sp³-hybridized carbons (Fsp3) is 0.333. The maximum atomic E-state index is 13.9. The van der Waals surface area contributed by atoms with Gasteiger partial charge in [-0.15, -0.1) is 38.7 Å². The SMILES string of the molecule is C[C@H](N)c1cccc(OC(F)(F)F)c1.C[C@H](NC(=O)c1cn(COCC[Si](C)(C)C)c2ncc(-c3nn(C)c4cc(F)ccc34)nc12)c1cccc(OC(F)(F)F)c1.Cl.Cn1nc(-c2cnc3c(n2)c(C(=O)O)cn3COCC[Si](C)(C)C)c2ccc(F)cc21. The smallest absolute Gasteiger partial charge is 0.478 e. The number of aromatic nitrogens is 10. The summed E-state index contributed by atoms with van der Waals surface area (Å²) in [6, 6.07) is 20.8. The van der Waals surface area contributed by atoms with Crippen LogP contribution in [0.4, 0.5) is 35.1 Å². The van der Waals surface area contributed by atoms with Gasteiger partial charge in [-0.25, -0.2) is 33.5 Å². The van der Waals surface area contributed by atoms with Crippen LogP contribution in [0, 0.1) is 11.6 Å². The molecule has 19 nitrogen and oxygen atoms in total. The van der Waals surface area contributed by atoms with Crippen molar-refractivity contribution in [1.29, 1.82) is 0 Å². The number of carboxylic acid groups (broad SMARTS) is 1. The molecule has 30 heteroatoms. The molecular weight excluding hydrogens is 1240 g/mol. The van der Waals surface area contributed by atoms with Crippen molar-refractivity contribution >= 4 is 84.6 Å². The third kappa shape index (κ3) is 18.0. The molecule has 0 aliphatic heterocycles. The highest BCUT2D eigenvalue weighted by molar-refractivity contribution is 6.76. The van der Waals surface area contributed by atoms with Crippen LogP contribution in [0.3, 0.4) is 0 Å². The summed E-state index contributed by atoms with van der Waals surface area (Å²) >= 11 is 0. The van der Waals surface area contributed by atoms with Gasteiger partial charge in [0.1, 0.15) is 76.0 Å². The second kappa shape index (κ2) is 28.2. The Morgan fingerprint density at radius 3 is 1.48 bits per heavy atom. The quantitative estimate of drug-likeness (QED) is 0.0389. The zero-order valence-electron chi connectivity index (χ0n) is 50.7. The lowest BCUT2D eigenvalue weighted by atomic mass is 10.1. The van der Waals surface area contributed by atoms with Crippen molar-refractivity contribution in [2.45, 2.75) is 103 Å². The van der Waals surface area contributed by atoms with E-state index in [9.17, 15) is 49.8 Å². The number of nitrogens with zero attached hydrogens (tertiary/aromatic N) is 10. The molecule has 0 fully saturated rings. The fourth-order valence-corrected chi connectivity index (χ4v) is 10.6. The lowest BCUT2D eigenvalue weighted by Gasteiger charge is -2.16. The molecule has 6 aromatic heterocycles. The largest absolute Gasteiger partial charge is 0.573 e. The monoisotopic (exact) mass is 1310 g/mol. The Balaban J connectivity index is 0.000000216. The molecule has 0 saturated carbocycles. The second-order valence-electron chi connectivity index (χ2n) is 23.4. The molecule has 0 spiro atoms. The number of carbonyl (C=O) groups is 2. The maximum absolute atomic E-state index is 13.9. The number of nitrogens with one attached hydrogen (secondary N) is 1. The van der Waals surface area contributed by atoms with Gasteiger partial charge in [-0.1, -0.05) is 63.5 Å². The van der Waals surface area contributed by atoms with Crippen molar-refractivity contribution in [3.05, 3.63) is 144 Å². The molecule has 4 aromatic carbocycles. The van der Waals surface area contributed by atoms with Crippen molar-refractivity contribution < 1.29 is 68.8 Å². The molecule has 0 saturated heterocycles. The molecule has 0 unspecified atom stereocenters. The average molecular weight is 1310 g/mol. The van der Waals surface area contributed by atoms with Crippen LogP contribution in [-0.4, -0.2) is 108 Å². The summed E-state index contributed by atoms with van der Waals surface area (Å²) in [5, 5.41) is 22.8. The van der Waals surface area contributed by atoms with Crippen LogP contribution in [0.15, 0.2) is 110 Å². The number of ether oxygens (including phenoxy) is 4. The number of benzene rings is 4. The second-order valence-corrected chi connectivity index (χ2v) is 34.6. The molecule has 0 radical (unpaired) electrons. The number of amides is 1. The lowest BCUT2D eigenvalue weighted by Crippen LogP contribution is -2.26. The summed E-state index contributed by atoms with van der Waals surface area (Å²) < 4.78 is 127. The van der Waals surface area contributed by atoms with E-state index in [1.54, 1.807) is 89.3 Å². The number of carbonyl (C=O) groups excluding carboxylic acids is 1. The van der Waals surface area contributed by atoms with Gasteiger partial charge >= 0.3 is 18.7 Å². The van der Waals surface area contributed by atoms with E-state index in [1.165, 1.54) is 66.9 Å². The number of aryl methyl sites for hydroxylation is 2. The average Bonchev–Trinajstić information content (AvgIpc) is 1.70.